The Morgan fingerprint density at radius 2 is 1.88 bits per heavy atom. The number of hydrogen-bond donors (Lipinski definition) is 0. The zero-order valence-corrected chi connectivity index (χ0v) is 11.9. The summed E-state index contributed by atoms with van der Waals surface area (Å²) in [6, 6.07) is 6.20. The van der Waals surface area contributed by atoms with Gasteiger partial charge in [0.2, 0.25) is 0 Å². The van der Waals surface area contributed by atoms with E-state index in [4.69, 9.17) is 4.74 Å². The standard InChI is InChI=1S/C14H21OSi/c1-7-11-9-8-10-12(13(11)16(5)6)15-14(2,3)4/h7-10H,1H2,2-6H3. The zero-order valence-electron chi connectivity index (χ0n) is 10.9. The minimum Gasteiger partial charge on any atom is -0.488 e. The summed E-state index contributed by atoms with van der Waals surface area (Å²) in [7, 11) is -0.552. The van der Waals surface area contributed by atoms with Crippen LogP contribution >= 0.6 is 0 Å². The third-order valence-electron chi connectivity index (χ3n) is 2.19. The van der Waals surface area contributed by atoms with Gasteiger partial charge in [-0.3, -0.25) is 0 Å². The molecule has 2 heteroatoms. The van der Waals surface area contributed by atoms with Crippen molar-refractivity contribution in [3.63, 3.8) is 0 Å². The first kappa shape index (κ1) is 13.0. The molecule has 87 valence electrons. The lowest BCUT2D eigenvalue weighted by molar-refractivity contribution is 0.132. The minimum atomic E-state index is -0.552. The molecular weight excluding hydrogens is 212 g/mol. The topological polar surface area (TPSA) is 9.23 Å². The Labute approximate surface area is 101 Å². The van der Waals surface area contributed by atoms with Gasteiger partial charge in [0.25, 0.3) is 0 Å². The van der Waals surface area contributed by atoms with Crippen LogP contribution in [0.25, 0.3) is 6.08 Å². The predicted molar refractivity (Wildman–Crippen MR) is 74.0 cm³/mol. The molecule has 0 fully saturated rings. The lowest BCUT2D eigenvalue weighted by Gasteiger charge is -2.25. The van der Waals surface area contributed by atoms with Gasteiger partial charge in [-0.15, -0.1) is 0 Å². The maximum absolute atomic E-state index is 6.01. The predicted octanol–water partition coefficient (Wildman–Crippen LogP) is 3.47. The van der Waals surface area contributed by atoms with Crippen LogP contribution in [-0.2, 0) is 0 Å². The summed E-state index contributed by atoms with van der Waals surface area (Å²) < 4.78 is 6.01. The minimum absolute atomic E-state index is 0.147. The average molecular weight is 233 g/mol. The molecule has 0 aliphatic rings. The Balaban J connectivity index is 3.22. The van der Waals surface area contributed by atoms with E-state index >= 15 is 0 Å². The smallest absolute Gasteiger partial charge is 0.119 e. The Hall–Kier alpha value is -1.02. The van der Waals surface area contributed by atoms with Crippen LogP contribution in [0, 0.1) is 0 Å². The average Bonchev–Trinajstić information content (AvgIpc) is 2.14. The normalized spacial score (nSPS) is 11.6. The van der Waals surface area contributed by atoms with E-state index in [1.807, 2.05) is 12.1 Å². The molecule has 1 aromatic rings. The van der Waals surface area contributed by atoms with Crippen LogP contribution in [0.5, 0.6) is 5.75 Å². The Morgan fingerprint density at radius 3 is 2.31 bits per heavy atom. The lowest BCUT2D eigenvalue weighted by Crippen LogP contribution is -2.32. The van der Waals surface area contributed by atoms with Crippen LogP contribution in [-0.4, -0.2) is 14.4 Å². The van der Waals surface area contributed by atoms with Gasteiger partial charge in [0.1, 0.15) is 11.4 Å². The fourth-order valence-corrected chi connectivity index (χ4v) is 3.06. The van der Waals surface area contributed by atoms with Crippen LogP contribution in [0.2, 0.25) is 13.1 Å². The van der Waals surface area contributed by atoms with Crippen molar-refractivity contribution in [2.75, 3.05) is 0 Å². The van der Waals surface area contributed by atoms with Gasteiger partial charge in [-0.05, 0) is 37.6 Å². The summed E-state index contributed by atoms with van der Waals surface area (Å²) in [5.74, 6) is 1.02. The highest BCUT2D eigenvalue weighted by Gasteiger charge is 2.18. The quantitative estimate of drug-likeness (QED) is 0.726. The zero-order chi connectivity index (χ0) is 12.3. The monoisotopic (exact) mass is 233 g/mol. The Kier molecular flexibility index (Phi) is 3.97. The van der Waals surface area contributed by atoms with Gasteiger partial charge in [0, 0.05) is 0 Å². The van der Waals surface area contributed by atoms with Crippen molar-refractivity contribution in [2.24, 2.45) is 0 Å². The maximum atomic E-state index is 6.01. The Morgan fingerprint density at radius 1 is 1.25 bits per heavy atom. The van der Waals surface area contributed by atoms with E-state index in [0.717, 1.165) is 5.75 Å². The van der Waals surface area contributed by atoms with Crippen molar-refractivity contribution >= 4 is 20.1 Å². The first-order chi connectivity index (χ1) is 7.35. The number of rotatable bonds is 3. The van der Waals surface area contributed by atoms with E-state index in [1.165, 1.54) is 10.8 Å². The van der Waals surface area contributed by atoms with E-state index in [1.54, 1.807) is 0 Å². The van der Waals surface area contributed by atoms with Gasteiger partial charge in [-0.25, -0.2) is 0 Å². The molecule has 0 bridgehead atoms. The van der Waals surface area contributed by atoms with Crippen molar-refractivity contribution in [1.29, 1.82) is 0 Å². The SMILES string of the molecule is C=Cc1cccc(OC(C)(C)C)c1[Si](C)C. The maximum Gasteiger partial charge on any atom is 0.119 e. The van der Waals surface area contributed by atoms with Crippen LogP contribution < -0.4 is 9.92 Å². The molecule has 1 radical (unpaired) electrons. The second-order valence-corrected chi connectivity index (χ2v) is 7.64. The highest BCUT2D eigenvalue weighted by atomic mass is 28.3. The molecule has 0 amide bonds. The molecule has 1 aromatic carbocycles. The Bertz CT molecular complexity index is 375. The summed E-state index contributed by atoms with van der Waals surface area (Å²) in [4.78, 5) is 0. The summed E-state index contributed by atoms with van der Waals surface area (Å²) in [6.45, 7) is 14.7. The largest absolute Gasteiger partial charge is 0.488 e. The summed E-state index contributed by atoms with van der Waals surface area (Å²) in [6.07, 6.45) is 1.92. The summed E-state index contributed by atoms with van der Waals surface area (Å²) >= 11 is 0. The van der Waals surface area contributed by atoms with Crippen LogP contribution in [0.3, 0.4) is 0 Å². The highest BCUT2D eigenvalue weighted by molar-refractivity contribution is 6.72. The number of benzene rings is 1. The fourth-order valence-electron chi connectivity index (χ4n) is 1.67. The van der Waals surface area contributed by atoms with Gasteiger partial charge in [0.15, 0.2) is 0 Å². The van der Waals surface area contributed by atoms with Gasteiger partial charge in [0.05, 0.1) is 8.80 Å². The van der Waals surface area contributed by atoms with Gasteiger partial charge in [-0.1, -0.05) is 37.9 Å². The van der Waals surface area contributed by atoms with Crippen LogP contribution in [0.1, 0.15) is 26.3 Å². The molecule has 0 unspecified atom stereocenters. The van der Waals surface area contributed by atoms with Crippen LogP contribution in [0.15, 0.2) is 24.8 Å². The molecule has 0 aliphatic heterocycles. The molecule has 0 N–H and O–H groups in total. The number of hydrogen-bond acceptors (Lipinski definition) is 1. The van der Waals surface area contributed by atoms with Gasteiger partial charge in [-0.2, -0.15) is 0 Å². The van der Waals surface area contributed by atoms with E-state index in [-0.39, 0.29) is 5.60 Å². The van der Waals surface area contributed by atoms with E-state index in [0.29, 0.717) is 0 Å². The van der Waals surface area contributed by atoms with Crippen molar-refractivity contribution in [2.45, 2.75) is 39.5 Å². The highest BCUT2D eigenvalue weighted by Crippen LogP contribution is 2.19. The van der Waals surface area contributed by atoms with Crippen molar-refractivity contribution in [1.82, 2.24) is 0 Å². The molecule has 0 aromatic heterocycles. The van der Waals surface area contributed by atoms with E-state index in [2.05, 4.69) is 52.6 Å². The molecule has 1 nitrogen and oxygen atoms in total. The number of ether oxygens (including phenoxy) is 1. The van der Waals surface area contributed by atoms with Gasteiger partial charge < -0.3 is 4.74 Å². The molecular formula is C14H21OSi. The molecule has 0 heterocycles. The first-order valence-electron chi connectivity index (χ1n) is 5.60. The first-order valence-corrected chi connectivity index (χ1v) is 8.10. The third kappa shape index (κ3) is 3.24. The second-order valence-electron chi connectivity index (χ2n) is 5.14. The molecule has 1 rings (SSSR count). The second kappa shape index (κ2) is 4.87. The van der Waals surface area contributed by atoms with Crippen molar-refractivity contribution in [3.05, 3.63) is 30.3 Å². The van der Waals surface area contributed by atoms with Gasteiger partial charge >= 0.3 is 0 Å². The van der Waals surface area contributed by atoms with Crippen molar-refractivity contribution < 1.29 is 4.74 Å². The molecule has 0 spiro atoms. The molecule has 16 heavy (non-hydrogen) atoms. The van der Waals surface area contributed by atoms with Crippen molar-refractivity contribution in [3.8, 4) is 5.75 Å². The molecule has 0 aliphatic carbocycles. The summed E-state index contributed by atoms with van der Waals surface area (Å²) in [5, 5.41) is 1.34. The molecule has 0 saturated heterocycles. The molecule has 0 atom stereocenters. The summed E-state index contributed by atoms with van der Waals surface area (Å²) in [5.41, 5.74) is 1.06. The van der Waals surface area contributed by atoms with E-state index in [9.17, 15) is 0 Å². The molecule has 0 saturated carbocycles. The van der Waals surface area contributed by atoms with Crippen LogP contribution in [0.4, 0.5) is 0 Å². The van der Waals surface area contributed by atoms with E-state index < -0.39 is 8.80 Å². The fraction of sp³-hybridized carbons (Fsp3) is 0.429. The third-order valence-corrected chi connectivity index (χ3v) is 3.73. The lowest BCUT2D eigenvalue weighted by atomic mass is 10.1.